The topological polar surface area (TPSA) is 52.6 Å². The van der Waals surface area contributed by atoms with Gasteiger partial charge >= 0.3 is 11.9 Å². The van der Waals surface area contributed by atoms with Gasteiger partial charge in [-0.25, -0.2) is 4.79 Å². The molecule has 0 radical (unpaired) electrons. The zero-order valence-electron chi connectivity index (χ0n) is 14.4. The second kappa shape index (κ2) is 11.7. The minimum absolute atomic E-state index is 0.183. The molecule has 0 aromatic heterocycles. The Morgan fingerprint density at radius 1 is 1.13 bits per heavy atom. The monoisotopic (exact) mass is 320 g/mol. The second-order valence-electron chi connectivity index (χ2n) is 5.52. The SMILES string of the molecule is CCOC(=O)CCCCC(=C=CC1=CCCCC1)C(=O)OCC. The largest absolute Gasteiger partial charge is 0.466 e. The summed E-state index contributed by atoms with van der Waals surface area (Å²) in [5, 5.41) is 0. The Kier molecular flexibility index (Phi) is 9.81. The zero-order valence-corrected chi connectivity index (χ0v) is 14.4. The molecular weight excluding hydrogens is 292 g/mol. The summed E-state index contributed by atoms with van der Waals surface area (Å²) in [6.45, 7) is 4.36. The van der Waals surface area contributed by atoms with Crippen molar-refractivity contribution in [1.29, 1.82) is 0 Å². The highest BCUT2D eigenvalue weighted by Gasteiger charge is 2.11. The van der Waals surface area contributed by atoms with Crippen molar-refractivity contribution in [2.75, 3.05) is 13.2 Å². The first-order chi connectivity index (χ1) is 11.2. The van der Waals surface area contributed by atoms with Gasteiger partial charge in [0.05, 0.1) is 18.8 Å². The summed E-state index contributed by atoms with van der Waals surface area (Å²) < 4.78 is 9.99. The van der Waals surface area contributed by atoms with Crippen LogP contribution in [0.4, 0.5) is 0 Å². The van der Waals surface area contributed by atoms with E-state index in [0.29, 0.717) is 38.0 Å². The summed E-state index contributed by atoms with van der Waals surface area (Å²) in [4.78, 5) is 23.3. The van der Waals surface area contributed by atoms with Gasteiger partial charge in [0.1, 0.15) is 0 Å². The van der Waals surface area contributed by atoms with Crippen molar-refractivity contribution in [2.45, 2.75) is 65.2 Å². The molecule has 0 atom stereocenters. The molecule has 0 saturated carbocycles. The van der Waals surface area contributed by atoms with Gasteiger partial charge in [0.15, 0.2) is 0 Å². The molecule has 1 rings (SSSR count). The van der Waals surface area contributed by atoms with E-state index < -0.39 is 0 Å². The number of esters is 2. The Morgan fingerprint density at radius 2 is 1.87 bits per heavy atom. The first-order valence-electron chi connectivity index (χ1n) is 8.64. The molecule has 0 heterocycles. The molecular formula is C19H28O4. The molecule has 4 nitrogen and oxygen atoms in total. The number of allylic oxidation sites excluding steroid dienone is 2. The molecule has 0 spiro atoms. The van der Waals surface area contributed by atoms with Gasteiger partial charge in [-0.1, -0.05) is 6.08 Å². The lowest BCUT2D eigenvalue weighted by molar-refractivity contribution is -0.143. The second-order valence-corrected chi connectivity index (χ2v) is 5.52. The van der Waals surface area contributed by atoms with Crippen LogP contribution in [0.25, 0.3) is 0 Å². The normalized spacial score (nSPS) is 13.6. The fourth-order valence-corrected chi connectivity index (χ4v) is 2.43. The smallest absolute Gasteiger partial charge is 0.341 e. The van der Waals surface area contributed by atoms with Crippen molar-refractivity contribution >= 4 is 11.9 Å². The summed E-state index contributed by atoms with van der Waals surface area (Å²) in [6.07, 6.45) is 11.1. The lowest BCUT2D eigenvalue weighted by Crippen LogP contribution is -2.08. The van der Waals surface area contributed by atoms with Crippen LogP contribution in [-0.2, 0) is 19.1 Å². The van der Waals surface area contributed by atoms with Gasteiger partial charge in [0, 0.05) is 6.42 Å². The predicted molar refractivity (Wildman–Crippen MR) is 89.9 cm³/mol. The van der Waals surface area contributed by atoms with Crippen LogP contribution in [0.5, 0.6) is 0 Å². The third-order valence-electron chi connectivity index (χ3n) is 3.64. The highest BCUT2D eigenvalue weighted by atomic mass is 16.5. The number of hydrogen-bond donors (Lipinski definition) is 0. The molecule has 0 bridgehead atoms. The van der Waals surface area contributed by atoms with Gasteiger partial charge in [-0.2, -0.15) is 0 Å². The Hall–Kier alpha value is -1.80. The van der Waals surface area contributed by atoms with E-state index in [9.17, 15) is 9.59 Å². The van der Waals surface area contributed by atoms with Crippen LogP contribution >= 0.6 is 0 Å². The third-order valence-corrected chi connectivity index (χ3v) is 3.64. The maximum Gasteiger partial charge on any atom is 0.341 e. The molecule has 0 aliphatic heterocycles. The Bertz CT molecular complexity index is 482. The Labute approximate surface area is 139 Å². The third kappa shape index (κ3) is 8.41. The number of unbranched alkanes of at least 4 members (excludes halogenated alkanes) is 1. The van der Waals surface area contributed by atoms with Crippen molar-refractivity contribution in [3.8, 4) is 0 Å². The van der Waals surface area contributed by atoms with Gasteiger partial charge in [-0.05, 0) is 70.4 Å². The van der Waals surface area contributed by atoms with E-state index in [0.717, 1.165) is 19.3 Å². The van der Waals surface area contributed by atoms with Crippen molar-refractivity contribution in [2.24, 2.45) is 0 Å². The lowest BCUT2D eigenvalue weighted by atomic mass is 9.99. The minimum Gasteiger partial charge on any atom is -0.466 e. The van der Waals surface area contributed by atoms with Gasteiger partial charge in [0.25, 0.3) is 0 Å². The molecule has 0 aromatic carbocycles. The van der Waals surface area contributed by atoms with Crippen LogP contribution in [0.15, 0.2) is 29.0 Å². The molecule has 1 aliphatic rings. The molecule has 4 heteroatoms. The van der Waals surface area contributed by atoms with Crippen molar-refractivity contribution in [1.82, 2.24) is 0 Å². The maximum atomic E-state index is 12.0. The summed E-state index contributed by atoms with van der Waals surface area (Å²) >= 11 is 0. The van der Waals surface area contributed by atoms with Crippen LogP contribution < -0.4 is 0 Å². The molecule has 0 amide bonds. The maximum absolute atomic E-state index is 12.0. The van der Waals surface area contributed by atoms with Crippen molar-refractivity contribution in [3.63, 3.8) is 0 Å². The van der Waals surface area contributed by atoms with Gasteiger partial charge in [-0.15, -0.1) is 5.73 Å². The first kappa shape index (κ1) is 19.2. The Morgan fingerprint density at radius 3 is 2.52 bits per heavy atom. The van der Waals surface area contributed by atoms with E-state index >= 15 is 0 Å². The van der Waals surface area contributed by atoms with E-state index in [-0.39, 0.29) is 11.9 Å². The predicted octanol–water partition coefficient (Wildman–Crippen LogP) is 4.25. The van der Waals surface area contributed by atoms with E-state index in [2.05, 4.69) is 11.8 Å². The molecule has 128 valence electrons. The number of hydrogen-bond acceptors (Lipinski definition) is 4. The van der Waals surface area contributed by atoms with Gasteiger partial charge in [0.2, 0.25) is 0 Å². The van der Waals surface area contributed by atoms with Crippen LogP contribution in [0, 0.1) is 0 Å². The van der Waals surface area contributed by atoms with Crippen LogP contribution in [-0.4, -0.2) is 25.2 Å². The van der Waals surface area contributed by atoms with Crippen LogP contribution in [0.1, 0.15) is 65.2 Å². The standard InChI is InChI=1S/C19H28O4/c1-3-22-18(20)13-9-8-12-17(19(21)23-4-2)15-14-16-10-6-5-7-11-16/h10,14H,3-9,11-13H2,1-2H3. The molecule has 0 N–H and O–H groups in total. The minimum atomic E-state index is -0.309. The molecule has 0 unspecified atom stereocenters. The van der Waals surface area contributed by atoms with Gasteiger partial charge in [-0.3, -0.25) is 4.79 Å². The molecule has 0 fully saturated rings. The molecule has 0 saturated heterocycles. The summed E-state index contributed by atoms with van der Waals surface area (Å²) in [5.41, 5.74) is 4.92. The average molecular weight is 320 g/mol. The van der Waals surface area contributed by atoms with Gasteiger partial charge < -0.3 is 9.47 Å². The number of ether oxygens (including phenoxy) is 2. The molecule has 1 aliphatic carbocycles. The number of carbonyl (C=O) groups excluding carboxylic acids is 2. The summed E-state index contributed by atoms with van der Waals surface area (Å²) in [7, 11) is 0. The van der Waals surface area contributed by atoms with Crippen molar-refractivity contribution in [3.05, 3.63) is 29.0 Å². The van der Waals surface area contributed by atoms with E-state index in [1.807, 2.05) is 6.08 Å². The van der Waals surface area contributed by atoms with Crippen LogP contribution in [0.2, 0.25) is 0 Å². The first-order valence-corrected chi connectivity index (χ1v) is 8.64. The van der Waals surface area contributed by atoms with Crippen molar-refractivity contribution < 1.29 is 19.1 Å². The summed E-state index contributed by atoms with van der Waals surface area (Å²) in [6, 6.07) is 0. The Balaban J connectivity index is 2.58. The van der Waals surface area contributed by atoms with E-state index in [1.165, 1.54) is 18.4 Å². The number of rotatable bonds is 9. The highest BCUT2D eigenvalue weighted by molar-refractivity contribution is 5.88. The zero-order chi connectivity index (χ0) is 16.9. The molecule has 23 heavy (non-hydrogen) atoms. The van der Waals surface area contributed by atoms with E-state index in [1.54, 1.807) is 13.8 Å². The average Bonchev–Trinajstić information content (AvgIpc) is 2.55. The lowest BCUT2D eigenvalue weighted by Gasteiger charge is -2.08. The summed E-state index contributed by atoms with van der Waals surface area (Å²) in [5.74, 6) is -0.492. The molecule has 0 aromatic rings. The quantitative estimate of drug-likeness (QED) is 0.276. The number of carbonyl (C=O) groups is 2. The van der Waals surface area contributed by atoms with Crippen LogP contribution in [0.3, 0.4) is 0 Å². The van der Waals surface area contributed by atoms with E-state index in [4.69, 9.17) is 9.47 Å². The fourth-order valence-electron chi connectivity index (χ4n) is 2.43. The fraction of sp³-hybridized carbons (Fsp3) is 0.632. The highest BCUT2D eigenvalue weighted by Crippen LogP contribution is 2.18.